The number of hydrogen-bond donors (Lipinski definition) is 1. The van der Waals surface area contributed by atoms with E-state index in [-0.39, 0.29) is 5.82 Å². The molecule has 0 amide bonds. The maximum absolute atomic E-state index is 13.7. The fourth-order valence-corrected chi connectivity index (χ4v) is 3.02. The Morgan fingerprint density at radius 2 is 2.00 bits per heavy atom. The molecule has 0 aliphatic heterocycles. The molecule has 1 aromatic rings. The summed E-state index contributed by atoms with van der Waals surface area (Å²) in [5.74, 6) is -0.265. The molecule has 19 heavy (non-hydrogen) atoms. The van der Waals surface area contributed by atoms with E-state index in [9.17, 15) is 9.50 Å². The molecule has 1 aliphatic rings. The summed E-state index contributed by atoms with van der Waals surface area (Å²) < 4.78 is 19.5. The molecule has 1 fully saturated rings. The molecule has 1 N–H and O–H groups in total. The lowest BCUT2D eigenvalue weighted by Crippen LogP contribution is -2.41. The summed E-state index contributed by atoms with van der Waals surface area (Å²) in [6.45, 7) is 4.24. The molecule has 106 valence electrons. The third-order valence-electron chi connectivity index (χ3n) is 4.14. The number of aryl methyl sites for hydroxylation is 1. The maximum Gasteiger partial charge on any atom is 0.126 e. The second kappa shape index (κ2) is 6.02. The molecule has 3 heteroatoms. The van der Waals surface area contributed by atoms with Crippen LogP contribution in [-0.2, 0) is 4.74 Å². The molecule has 0 radical (unpaired) electrons. The first-order valence-electron chi connectivity index (χ1n) is 7.17. The summed E-state index contributed by atoms with van der Waals surface area (Å²) in [4.78, 5) is 0. The van der Waals surface area contributed by atoms with Crippen molar-refractivity contribution in [3.8, 4) is 0 Å². The Morgan fingerprint density at radius 3 is 2.58 bits per heavy atom. The van der Waals surface area contributed by atoms with Gasteiger partial charge in [-0.1, -0.05) is 31.4 Å². The van der Waals surface area contributed by atoms with Crippen molar-refractivity contribution < 1.29 is 14.2 Å². The number of benzene rings is 1. The minimum absolute atomic E-state index is 0.265. The lowest BCUT2D eigenvalue weighted by atomic mass is 9.78. The van der Waals surface area contributed by atoms with Gasteiger partial charge in [0, 0.05) is 6.61 Å². The molecule has 1 unspecified atom stereocenters. The maximum atomic E-state index is 13.7. The quantitative estimate of drug-likeness (QED) is 0.895. The van der Waals surface area contributed by atoms with Crippen molar-refractivity contribution in [3.63, 3.8) is 0 Å². The molecule has 2 rings (SSSR count). The number of aliphatic hydroxyl groups is 1. The van der Waals surface area contributed by atoms with E-state index in [0.717, 1.165) is 25.7 Å². The first-order valence-corrected chi connectivity index (χ1v) is 7.17. The fraction of sp³-hybridized carbons (Fsp3) is 0.625. The van der Waals surface area contributed by atoms with Gasteiger partial charge >= 0.3 is 0 Å². The number of hydrogen-bond acceptors (Lipinski definition) is 2. The zero-order chi connectivity index (χ0) is 13.9. The van der Waals surface area contributed by atoms with E-state index in [4.69, 9.17) is 4.74 Å². The van der Waals surface area contributed by atoms with E-state index in [2.05, 4.69) is 0 Å². The average molecular weight is 266 g/mol. The Bertz CT molecular complexity index is 419. The van der Waals surface area contributed by atoms with Crippen molar-refractivity contribution in [2.45, 2.75) is 57.7 Å². The van der Waals surface area contributed by atoms with E-state index in [1.54, 1.807) is 19.1 Å². The standard InChI is InChI=1S/C16H23FO2/c1-3-19-16(9-5-4-6-10-16)15(18)13-8-7-12(2)14(17)11-13/h7-8,11,15,18H,3-6,9-10H2,1-2H3. The molecule has 1 aromatic carbocycles. The summed E-state index contributed by atoms with van der Waals surface area (Å²) >= 11 is 0. The summed E-state index contributed by atoms with van der Waals surface area (Å²) in [7, 11) is 0. The van der Waals surface area contributed by atoms with Crippen LogP contribution in [0.3, 0.4) is 0 Å². The highest BCUT2D eigenvalue weighted by Crippen LogP contribution is 2.41. The molecular weight excluding hydrogens is 243 g/mol. The Morgan fingerprint density at radius 1 is 1.32 bits per heavy atom. The number of aliphatic hydroxyl groups excluding tert-OH is 1. The van der Waals surface area contributed by atoms with Gasteiger partial charge in [0.25, 0.3) is 0 Å². The molecule has 0 aromatic heterocycles. The van der Waals surface area contributed by atoms with Gasteiger partial charge in [0.15, 0.2) is 0 Å². The van der Waals surface area contributed by atoms with Gasteiger partial charge in [0.2, 0.25) is 0 Å². The van der Waals surface area contributed by atoms with E-state index < -0.39 is 11.7 Å². The summed E-state index contributed by atoms with van der Waals surface area (Å²) in [6, 6.07) is 4.96. The Kier molecular flexibility index (Phi) is 4.58. The van der Waals surface area contributed by atoms with Crippen LogP contribution in [0.25, 0.3) is 0 Å². The lowest BCUT2D eigenvalue weighted by molar-refractivity contribution is -0.141. The SMILES string of the molecule is CCOC1(C(O)c2ccc(C)c(F)c2)CCCCC1. The Hall–Kier alpha value is -0.930. The van der Waals surface area contributed by atoms with Crippen LogP contribution in [0.5, 0.6) is 0 Å². The minimum atomic E-state index is -0.747. The van der Waals surface area contributed by atoms with Gasteiger partial charge in [-0.2, -0.15) is 0 Å². The predicted molar refractivity (Wildman–Crippen MR) is 73.5 cm³/mol. The van der Waals surface area contributed by atoms with Gasteiger partial charge in [-0.15, -0.1) is 0 Å². The third kappa shape index (κ3) is 2.98. The van der Waals surface area contributed by atoms with Crippen molar-refractivity contribution in [2.24, 2.45) is 0 Å². The number of rotatable bonds is 4. The normalized spacial score (nSPS) is 20.2. The zero-order valence-electron chi connectivity index (χ0n) is 11.8. The molecular formula is C16H23FO2. The van der Waals surface area contributed by atoms with Crippen molar-refractivity contribution in [1.29, 1.82) is 0 Å². The minimum Gasteiger partial charge on any atom is -0.385 e. The fourth-order valence-electron chi connectivity index (χ4n) is 3.02. The second-order valence-electron chi connectivity index (χ2n) is 5.47. The van der Waals surface area contributed by atoms with Crippen molar-refractivity contribution >= 4 is 0 Å². The van der Waals surface area contributed by atoms with Gasteiger partial charge in [-0.05, 0) is 43.9 Å². The van der Waals surface area contributed by atoms with Gasteiger partial charge in [-0.25, -0.2) is 4.39 Å². The molecule has 0 spiro atoms. The van der Waals surface area contributed by atoms with Gasteiger partial charge in [-0.3, -0.25) is 0 Å². The highest BCUT2D eigenvalue weighted by Gasteiger charge is 2.40. The first kappa shape index (κ1) is 14.5. The zero-order valence-corrected chi connectivity index (χ0v) is 11.8. The molecule has 2 nitrogen and oxygen atoms in total. The second-order valence-corrected chi connectivity index (χ2v) is 5.47. The molecule has 1 atom stereocenters. The van der Waals surface area contributed by atoms with Crippen LogP contribution in [0.1, 0.15) is 56.3 Å². The van der Waals surface area contributed by atoms with Crippen molar-refractivity contribution in [2.75, 3.05) is 6.61 Å². The molecule has 0 heterocycles. The monoisotopic (exact) mass is 266 g/mol. The van der Waals surface area contributed by atoms with E-state index in [1.807, 2.05) is 6.92 Å². The molecule has 1 saturated carbocycles. The van der Waals surface area contributed by atoms with Crippen LogP contribution in [0.2, 0.25) is 0 Å². The van der Waals surface area contributed by atoms with Crippen LogP contribution >= 0.6 is 0 Å². The molecule has 0 bridgehead atoms. The topological polar surface area (TPSA) is 29.5 Å². The summed E-state index contributed by atoms with van der Waals surface area (Å²) in [6.07, 6.45) is 4.25. The van der Waals surface area contributed by atoms with Gasteiger partial charge in [0.05, 0.1) is 5.60 Å². The molecule has 0 saturated heterocycles. The predicted octanol–water partition coefficient (Wildman–Crippen LogP) is 3.91. The van der Waals surface area contributed by atoms with Crippen LogP contribution in [0, 0.1) is 12.7 Å². The first-order chi connectivity index (χ1) is 9.09. The van der Waals surface area contributed by atoms with Gasteiger partial charge in [0.1, 0.15) is 11.9 Å². The van der Waals surface area contributed by atoms with Crippen LogP contribution < -0.4 is 0 Å². The van der Waals surface area contributed by atoms with Crippen LogP contribution in [0.15, 0.2) is 18.2 Å². The summed E-state index contributed by atoms with van der Waals surface area (Å²) in [5, 5.41) is 10.7. The van der Waals surface area contributed by atoms with Crippen molar-refractivity contribution in [3.05, 3.63) is 35.1 Å². The van der Waals surface area contributed by atoms with Crippen molar-refractivity contribution in [1.82, 2.24) is 0 Å². The van der Waals surface area contributed by atoms with Gasteiger partial charge < -0.3 is 9.84 Å². The van der Waals surface area contributed by atoms with E-state index in [0.29, 0.717) is 17.7 Å². The van der Waals surface area contributed by atoms with Crippen LogP contribution in [-0.4, -0.2) is 17.3 Å². The Balaban J connectivity index is 2.27. The summed E-state index contributed by atoms with van der Waals surface area (Å²) in [5.41, 5.74) is 0.692. The third-order valence-corrected chi connectivity index (χ3v) is 4.14. The average Bonchev–Trinajstić information content (AvgIpc) is 2.42. The van der Waals surface area contributed by atoms with E-state index >= 15 is 0 Å². The Labute approximate surface area is 114 Å². The number of halogens is 1. The van der Waals surface area contributed by atoms with E-state index in [1.165, 1.54) is 12.5 Å². The highest BCUT2D eigenvalue weighted by molar-refractivity contribution is 5.27. The lowest BCUT2D eigenvalue weighted by Gasteiger charge is -2.41. The smallest absolute Gasteiger partial charge is 0.126 e. The largest absolute Gasteiger partial charge is 0.385 e. The highest BCUT2D eigenvalue weighted by atomic mass is 19.1. The molecule has 1 aliphatic carbocycles. The number of ether oxygens (including phenoxy) is 1. The van der Waals surface area contributed by atoms with Crippen LogP contribution in [0.4, 0.5) is 4.39 Å².